The number of nitrogens with one attached hydrogen (secondary N) is 2. The summed E-state index contributed by atoms with van der Waals surface area (Å²) >= 11 is 0. The van der Waals surface area contributed by atoms with Crippen LogP contribution in [0, 0.1) is 6.92 Å². The molecule has 9 heteroatoms. The molecular weight excluding hydrogens is 455 g/mol. The van der Waals surface area contributed by atoms with Gasteiger partial charge in [-0.15, -0.1) is 5.10 Å². The molecule has 2 aromatic carbocycles. The van der Waals surface area contributed by atoms with Crippen LogP contribution in [0.3, 0.4) is 0 Å². The van der Waals surface area contributed by atoms with Crippen molar-refractivity contribution in [3.05, 3.63) is 84.1 Å². The second kappa shape index (κ2) is 8.57. The Hall–Kier alpha value is -4.14. The van der Waals surface area contributed by atoms with Crippen molar-refractivity contribution < 1.29 is 17.9 Å². The standard InChI is InChI=1S/C26H22F3N5O/c1-16-13-22(20-10-3-4-11-21(20)30-16)35-19-9-5-7-17(14-19)23-31-24(34-33-23)32-25(2)12-6-8-18(15-25)26(27,28)29/h3-14H,15H2,1-2H3,(H2,31,32,33,34). The van der Waals surface area contributed by atoms with Gasteiger partial charge >= 0.3 is 6.18 Å². The minimum Gasteiger partial charge on any atom is -0.457 e. The van der Waals surface area contributed by atoms with Crippen LogP contribution in [0.4, 0.5) is 19.1 Å². The predicted molar refractivity (Wildman–Crippen MR) is 128 cm³/mol. The Bertz CT molecular complexity index is 1460. The summed E-state index contributed by atoms with van der Waals surface area (Å²) in [5.74, 6) is 1.96. The van der Waals surface area contributed by atoms with Gasteiger partial charge in [-0.05, 0) is 38.1 Å². The highest BCUT2D eigenvalue weighted by atomic mass is 19.4. The van der Waals surface area contributed by atoms with Crippen molar-refractivity contribution in [3.8, 4) is 22.9 Å². The van der Waals surface area contributed by atoms with Crippen LogP contribution in [0.1, 0.15) is 19.0 Å². The third kappa shape index (κ3) is 4.89. The molecule has 0 aliphatic heterocycles. The SMILES string of the molecule is Cc1cc(Oc2cccc(-c3nc(NC4(C)C=CC=C(C(F)(F)F)C4)n[nH]3)c2)c2ccccc2n1. The number of para-hydroxylation sites is 1. The number of fused-ring (bicyclic) bond motifs is 1. The van der Waals surface area contributed by atoms with Gasteiger partial charge in [-0.3, -0.25) is 10.1 Å². The van der Waals surface area contributed by atoms with E-state index in [-0.39, 0.29) is 12.4 Å². The number of pyridine rings is 1. The number of benzene rings is 2. The maximum atomic E-state index is 13.2. The Morgan fingerprint density at radius 3 is 2.71 bits per heavy atom. The number of nitrogens with zero attached hydrogens (tertiary/aromatic N) is 3. The zero-order chi connectivity index (χ0) is 24.6. The largest absolute Gasteiger partial charge is 0.457 e. The van der Waals surface area contributed by atoms with Crippen LogP contribution < -0.4 is 10.1 Å². The Morgan fingerprint density at radius 1 is 1.06 bits per heavy atom. The number of hydrogen-bond acceptors (Lipinski definition) is 5. The first kappa shape index (κ1) is 22.6. The minimum atomic E-state index is -4.38. The lowest BCUT2D eigenvalue weighted by Crippen LogP contribution is -2.37. The van der Waals surface area contributed by atoms with Crippen LogP contribution in [0.15, 0.2) is 78.4 Å². The highest BCUT2D eigenvalue weighted by molar-refractivity contribution is 5.85. The molecule has 6 nitrogen and oxygen atoms in total. The van der Waals surface area contributed by atoms with Crippen molar-refractivity contribution in [1.82, 2.24) is 20.2 Å². The van der Waals surface area contributed by atoms with E-state index in [0.29, 0.717) is 17.3 Å². The molecule has 1 aliphatic carbocycles. The van der Waals surface area contributed by atoms with Crippen molar-refractivity contribution in [2.75, 3.05) is 5.32 Å². The second-order valence-corrected chi connectivity index (χ2v) is 8.68. The summed E-state index contributed by atoms with van der Waals surface area (Å²) in [5, 5.41) is 10.9. The molecule has 0 spiro atoms. The third-order valence-electron chi connectivity index (χ3n) is 5.71. The number of alkyl halides is 3. The smallest absolute Gasteiger partial charge is 0.412 e. The summed E-state index contributed by atoms with van der Waals surface area (Å²) in [6, 6.07) is 17.0. The number of rotatable bonds is 5. The molecule has 0 saturated heterocycles. The van der Waals surface area contributed by atoms with Gasteiger partial charge in [0.1, 0.15) is 11.5 Å². The van der Waals surface area contributed by atoms with Crippen LogP contribution >= 0.6 is 0 Å². The summed E-state index contributed by atoms with van der Waals surface area (Å²) < 4.78 is 45.7. The van der Waals surface area contributed by atoms with Gasteiger partial charge < -0.3 is 10.1 Å². The van der Waals surface area contributed by atoms with Gasteiger partial charge in [-0.2, -0.15) is 18.2 Å². The molecule has 1 unspecified atom stereocenters. The van der Waals surface area contributed by atoms with Crippen molar-refractivity contribution in [2.24, 2.45) is 0 Å². The molecule has 2 aromatic heterocycles. The first-order valence-corrected chi connectivity index (χ1v) is 11.0. The minimum absolute atomic E-state index is 0.206. The number of hydrogen-bond donors (Lipinski definition) is 2. The fraction of sp³-hybridized carbons (Fsp3) is 0.192. The van der Waals surface area contributed by atoms with Crippen molar-refractivity contribution in [3.63, 3.8) is 0 Å². The molecule has 0 fully saturated rings. The van der Waals surface area contributed by atoms with Crippen molar-refractivity contribution in [2.45, 2.75) is 32.0 Å². The maximum absolute atomic E-state index is 13.2. The van der Waals surface area contributed by atoms with Gasteiger partial charge in [0.25, 0.3) is 0 Å². The lowest BCUT2D eigenvalue weighted by molar-refractivity contribution is -0.0951. The maximum Gasteiger partial charge on any atom is 0.412 e. The molecule has 0 amide bonds. The van der Waals surface area contributed by atoms with E-state index in [9.17, 15) is 13.2 Å². The Morgan fingerprint density at radius 2 is 1.89 bits per heavy atom. The zero-order valence-corrected chi connectivity index (χ0v) is 19.0. The van der Waals surface area contributed by atoms with E-state index in [1.165, 1.54) is 6.08 Å². The molecule has 0 radical (unpaired) electrons. The number of anilines is 1. The van der Waals surface area contributed by atoms with Crippen LogP contribution in [0.25, 0.3) is 22.3 Å². The average molecular weight is 477 g/mol. The van der Waals surface area contributed by atoms with E-state index in [0.717, 1.165) is 28.2 Å². The number of halogens is 3. The van der Waals surface area contributed by atoms with E-state index >= 15 is 0 Å². The van der Waals surface area contributed by atoms with Gasteiger partial charge in [0.15, 0.2) is 5.82 Å². The van der Waals surface area contributed by atoms with Crippen LogP contribution in [-0.2, 0) is 0 Å². The topological polar surface area (TPSA) is 75.7 Å². The summed E-state index contributed by atoms with van der Waals surface area (Å²) in [6.07, 6.45) is -0.436. The molecule has 2 heterocycles. The van der Waals surface area contributed by atoms with E-state index in [1.54, 1.807) is 13.0 Å². The number of H-pyrrole nitrogens is 1. The second-order valence-electron chi connectivity index (χ2n) is 8.68. The summed E-state index contributed by atoms with van der Waals surface area (Å²) in [4.78, 5) is 8.98. The quantitative estimate of drug-likeness (QED) is 0.333. The summed E-state index contributed by atoms with van der Waals surface area (Å²) in [6.45, 7) is 3.59. The monoisotopic (exact) mass is 477 g/mol. The summed E-state index contributed by atoms with van der Waals surface area (Å²) in [5.41, 5.74) is 0.838. The predicted octanol–water partition coefficient (Wildman–Crippen LogP) is 6.74. The molecule has 35 heavy (non-hydrogen) atoms. The molecule has 4 aromatic rings. The highest BCUT2D eigenvalue weighted by Crippen LogP contribution is 2.36. The zero-order valence-electron chi connectivity index (χ0n) is 19.0. The van der Waals surface area contributed by atoms with Gasteiger partial charge in [-0.1, -0.05) is 42.5 Å². The molecule has 1 atom stereocenters. The molecule has 178 valence electrons. The molecule has 2 N–H and O–H groups in total. The van der Waals surface area contributed by atoms with Crippen LogP contribution in [0.2, 0.25) is 0 Å². The number of aryl methyl sites for hydroxylation is 1. The first-order valence-electron chi connectivity index (χ1n) is 11.0. The Kier molecular flexibility index (Phi) is 5.55. The van der Waals surface area contributed by atoms with E-state index in [1.807, 2.05) is 61.5 Å². The lowest BCUT2D eigenvalue weighted by Gasteiger charge is -2.31. The van der Waals surface area contributed by atoms with Gasteiger partial charge in [0.2, 0.25) is 5.95 Å². The average Bonchev–Trinajstić information content (AvgIpc) is 3.26. The van der Waals surface area contributed by atoms with Crippen LogP contribution in [0.5, 0.6) is 11.5 Å². The molecule has 1 aliphatic rings. The van der Waals surface area contributed by atoms with E-state index in [2.05, 4.69) is 25.5 Å². The number of allylic oxidation sites excluding steroid dienone is 2. The summed E-state index contributed by atoms with van der Waals surface area (Å²) in [7, 11) is 0. The lowest BCUT2D eigenvalue weighted by atomic mass is 9.88. The first-order chi connectivity index (χ1) is 16.7. The number of ether oxygens (including phenoxy) is 1. The normalized spacial score (nSPS) is 17.9. The highest BCUT2D eigenvalue weighted by Gasteiger charge is 2.39. The van der Waals surface area contributed by atoms with Crippen LogP contribution in [-0.4, -0.2) is 31.9 Å². The van der Waals surface area contributed by atoms with Crippen molar-refractivity contribution >= 4 is 16.9 Å². The molecule has 0 bridgehead atoms. The van der Waals surface area contributed by atoms with E-state index in [4.69, 9.17) is 4.74 Å². The Balaban J connectivity index is 1.36. The van der Waals surface area contributed by atoms with Gasteiger partial charge in [-0.25, -0.2) is 0 Å². The number of aromatic nitrogens is 4. The van der Waals surface area contributed by atoms with Gasteiger partial charge in [0, 0.05) is 34.7 Å². The van der Waals surface area contributed by atoms with Crippen molar-refractivity contribution in [1.29, 1.82) is 0 Å². The molecule has 5 rings (SSSR count). The molecular formula is C26H22F3N5O. The molecule has 0 saturated carbocycles. The fourth-order valence-corrected chi connectivity index (χ4v) is 4.06. The fourth-order valence-electron chi connectivity index (χ4n) is 4.06. The number of aromatic amines is 1. The third-order valence-corrected chi connectivity index (χ3v) is 5.71. The Labute approximate surface area is 199 Å². The van der Waals surface area contributed by atoms with E-state index < -0.39 is 17.3 Å². The van der Waals surface area contributed by atoms with Gasteiger partial charge in [0.05, 0.1) is 11.1 Å².